The van der Waals surface area contributed by atoms with Crippen LogP contribution in [-0.4, -0.2) is 23.1 Å². The lowest BCUT2D eigenvalue weighted by molar-refractivity contribution is 0.0810. The van der Waals surface area contributed by atoms with E-state index in [0.29, 0.717) is 23.6 Å². The van der Waals surface area contributed by atoms with Crippen LogP contribution in [0.4, 0.5) is 0 Å². The fraction of sp³-hybridized carbons (Fsp3) is 0.562. The third-order valence-corrected chi connectivity index (χ3v) is 4.66. The molecule has 1 saturated carbocycles. The number of carbonyl (C=O) groups excluding carboxylic acids is 1. The number of benzene rings is 1. The van der Waals surface area contributed by atoms with Gasteiger partial charge in [0, 0.05) is 6.54 Å². The molecule has 0 aliphatic heterocycles. The van der Waals surface area contributed by atoms with Gasteiger partial charge in [-0.25, -0.2) is 0 Å². The molecular weight excluding hydrogens is 252 g/mol. The van der Waals surface area contributed by atoms with E-state index in [-0.39, 0.29) is 17.2 Å². The van der Waals surface area contributed by atoms with Crippen molar-refractivity contribution in [3.63, 3.8) is 0 Å². The SMILES string of the molecule is Cc1cccc(C(=O)NC2(CN)CCCCC2C)c1O. The number of hydrogen-bond acceptors (Lipinski definition) is 3. The smallest absolute Gasteiger partial charge is 0.255 e. The summed E-state index contributed by atoms with van der Waals surface area (Å²) in [5, 5.41) is 13.1. The molecule has 0 spiro atoms. The Balaban J connectivity index is 2.23. The van der Waals surface area contributed by atoms with Gasteiger partial charge in [-0.05, 0) is 37.3 Å². The third-order valence-electron chi connectivity index (χ3n) is 4.66. The van der Waals surface area contributed by atoms with Gasteiger partial charge in [0.15, 0.2) is 0 Å². The van der Waals surface area contributed by atoms with Crippen LogP contribution in [0.5, 0.6) is 5.75 Å². The van der Waals surface area contributed by atoms with Gasteiger partial charge in [0.1, 0.15) is 5.75 Å². The summed E-state index contributed by atoms with van der Waals surface area (Å²) in [5.74, 6) is 0.184. The number of phenols is 1. The quantitative estimate of drug-likeness (QED) is 0.793. The first-order valence-corrected chi connectivity index (χ1v) is 7.31. The highest BCUT2D eigenvalue weighted by Crippen LogP contribution is 2.33. The molecule has 2 atom stereocenters. The maximum atomic E-state index is 12.5. The van der Waals surface area contributed by atoms with Crippen molar-refractivity contribution >= 4 is 5.91 Å². The van der Waals surface area contributed by atoms with Crippen LogP contribution < -0.4 is 11.1 Å². The Hall–Kier alpha value is -1.55. The van der Waals surface area contributed by atoms with Crippen molar-refractivity contribution in [2.45, 2.75) is 45.1 Å². The lowest BCUT2D eigenvalue weighted by atomic mass is 9.73. The number of hydrogen-bond donors (Lipinski definition) is 3. The molecule has 0 heterocycles. The summed E-state index contributed by atoms with van der Waals surface area (Å²) in [6, 6.07) is 5.22. The van der Waals surface area contributed by atoms with E-state index in [0.717, 1.165) is 19.3 Å². The van der Waals surface area contributed by atoms with Crippen LogP contribution in [0.25, 0.3) is 0 Å². The molecule has 1 aromatic carbocycles. The summed E-state index contributed by atoms with van der Waals surface area (Å²) >= 11 is 0. The van der Waals surface area contributed by atoms with E-state index >= 15 is 0 Å². The first-order chi connectivity index (χ1) is 9.50. The molecule has 2 unspecified atom stereocenters. The van der Waals surface area contributed by atoms with Gasteiger partial charge in [-0.2, -0.15) is 0 Å². The fourth-order valence-corrected chi connectivity index (χ4v) is 3.09. The lowest BCUT2D eigenvalue weighted by Crippen LogP contribution is -2.59. The summed E-state index contributed by atoms with van der Waals surface area (Å²) in [5.41, 5.74) is 6.64. The topological polar surface area (TPSA) is 75.4 Å². The minimum atomic E-state index is -0.342. The van der Waals surface area contributed by atoms with Crippen molar-refractivity contribution < 1.29 is 9.90 Å². The maximum Gasteiger partial charge on any atom is 0.255 e. The number of para-hydroxylation sites is 1. The van der Waals surface area contributed by atoms with Crippen molar-refractivity contribution in [2.24, 2.45) is 11.7 Å². The van der Waals surface area contributed by atoms with Gasteiger partial charge >= 0.3 is 0 Å². The summed E-state index contributed by atoms with van der Waals surface area (Å²) in [6.45, 7) is 4.36. The van der Waals surface area contributed by atoms with Crippen molar-refractivity contribution in [2.75, 3.05) is 6.54 Å². The number of aryl methyl sites for hydroxylation is 1. The van der Waals surface area contributed by atoms with Gasteiger partial charge in [-0.1, -0.05) is 31.9 Å². The molecule has 0 aromatic heterocycles. The van der Waals surface area contributed by atoms with Crippen molar-refractivity contribution in [1.82, 2.24) is 5.32 Å². The van der Waals surface area contributed by atoms with Crippen LogP contribution >= 0.6 is 0 Å². The zero-order valence-electron chi connectivity index (χ0n) is 12.3. The van der Waals surface area contributed by atoms with Gasteiger partial charge in [0.25, 0.3) is 5.91 Å². The van der Waals surface area contributed by atoms with Crippen LogP contribution in [0.1, 0.15) is 48.5 Å². The molecule has 4 heteroatoms. The van der Waals surface area contributed by atoms with E-state index in [9.17, 15) is 9.90 Å². The second-order valence-corrected chi connectivity index (χ2v) is 5.93. The number of nitrogens with two attached hydrogens (primary N) is 1. The van der Waals surface area contributed by atoms with Gasteiger partial charge in [-0.15, -0.1) is 0 Å². The highest BCUT2D eigenvalue weighted by atomic mass is 16.3. The lowest BCUT2D eigenvalue weighted by Gasteiger charge is -2.42. The Kier molecular flexibility index (Phi) is 4.33. The van der Waals surface area contributed by atoms with Crippen molar-refractivity contribution in [3.8, 4) is 5.75 Å². The van der Waals surface area contributed by atoms with E-state index in [4.69, 9.17) is 5.73 Å². The largest absolute Gasteiger partial charge is 0.507 e. The Bertz CT molecular complexity index is 501. The Labute approximate surface area is 120 Å². The highest BCUT2D eigenvalue weighted by molar-refractivity contribution is 5.97. The minimum Gasteiger partial charge on any atom is -0.507 e. The van der Waals surface area contributed by atoms with Crippen LogP contribution in [0, 0.1) is 12.8 Å². The number of aromatic hydroxyl groups is 1. The van der Waals surface area contributed by atoms with E-state index < -0.39 is 0 Å². The number of phenolic OH excluding ortho intramolecular Hbond substituents is 1. The van der Waals surface area contributed by atoms with E-state index in [1.54, 1.807) is 25.1 Å². The van der Waals surface area contributed by atoms with Crippen molar-refractivity contribution in [3.05, 3.63) is 29.3 Å². The number of rotatable bonds is 3. The van der Waals surface area contributed by atoms with E-state index in [1.807, 2.05) is 0 Å². The fourth-order valence-electron chi connectivity index (χ4n) is 3.09. The predicted octanol–water partition coefficient (Wildman–Crippen LogP) is 2.34. The molecule has 1 aliphatic carbocycles. The van der Waals surface area contributed by atoms with Gasteiger partial charge in [0.05, 0.1) is 11.1 Å². The minimum absolute atomic E-state index is 0.0561. The first kappa shape index (κ1) is 14.9. The predicted molar refractivity (Wildman–Crippen MR) is 79.7 cm³/mol. The molecule has 0 saturated heterocycles. The van der Waals surface area contributed by atoms with Crippen LogP contribution in [0.15, 0.2) is 18.2 Å². The van der Waals surface area contributed by atoms with Crippen LogP contribution in [0.3, 0.4) is 0 Å². The Morgan fingerprint density at radius 2 is 2.25 bits per heavy atom. The standard InChI is InChI=1S/C16H24N2O2/c1-11-6-5-8-13(14(11)19)15(20)18-16(10-17)9-4-3-7-12(16)2/h5-6,8,12,19H,3-4,7,9-10,17H2,1-2H3,(H,18,20). The van der Waals surface area contributed by atoms with Gasteiger partial charge < -0.3 is 16.2 Å². The van der Waals surface area contributed by atoms with Crippen LogP contribution in [-0.2, 0) is 0 Å². The molecule has 0 radical (unpaired) electrons. The molecule has 110 valence electrons. The number of nitrogens with one attached hydrogen (secondary N) is 1. The number of amides is 1. The second kappa shape index (κ2) is 5.83. The van der Waals surface area contributed by atoms with Crippen LogP contribution in [0.2, 0.25) is 0 Å². The molecule has 4 nitrogen and oxygen atoms in total. The first-order valence-electron chi connectivity index (χ1n) is 7.31. The molecule has 1 aromatic rings. The zero-order chi connectivity index (χ0) is 14.8. The molecule has 1 amide bonds. The third kappa shape index (κ3) is 2.66. The Morgan fingerprint density at radius 3 is 2.90 bits per heavy atom. The van der Waals surface area contributed by atoms with Gasteiger partial charge in [0.2, 0.25) is 0 Å². The molecular formula is C16H24N2O2. The molecule has 1 fully saturated rings. The number of carbonyl (C=O) groups is 1. The molecule has 4 N–H and O–H groups in total. The molecule has 1 aliphatic rings. The Morgan fingerprint density at radius 1 is 1.50 bits per heavy atom. The zero-order valence-corrected chi connectivity index (χ0v) is 12.3. The summed E-state index contributed by atoms with van der Waals surface area (Å²) in [4.78, 5) is 12.5. The van der Waals surface area contributed by atoms with E-state index in [1.165, 1.54) is 6.42 Å². The summed E-state index contributed by atoms with van der Waals surface area (Å²) in [7, 11) is 0. The van der Waals surface area contributed by atoms with Crippen molar-refractivity contribution in [1.29, 1.82) is 0 Å². The summed E-state index contributed by atoms with van der Waals surface area (Å²) in [6.07, 6.45) is 4.26. The normalized spacial score (nSPS) is 26.2. The average Bonchev–Trinajstić information content (AvgIpc) is 2.44. The molecule has 2 rings (SSSR count). The second-order valence-electron chi connectivity index (χ2n) is 5.93. The summed E-state index contributed by atoms with van der Waals surface area (Å²) < 4.78 is 0. The highest BCUT2D eigenvalue weighted by Gasteiger charge is 2.38. The maximum absolute atomic E-state index is 12.5. The molecule has 20 heavy (non-hydrogen) atoms. The van der Waals surface area contributed by atoms with E-state index in [2.05, 4.69) is 12.2 Å². The van der Waals surface area contributed by atoms with Gasteiger partial charge in [-0.3, -0.25) is 4.79 Å². The molecule has 0 bridgehead atoms. The average molecular weight is 276 g/mol. The monoisotopic (exact) mass is 276 g/mol.